The second kappa shape index (κ2) is 12.2. The van der Waals surface area contributed by atoms with Gasteiger partial charge in [0.1, 0.15) is 23.0 Å². The molecule has 1 heterocycles. The molecular formula is C29H29NO6. The van der Waals surface area contributed by atoms with E-state index in [2.05, 4.69) is 4.98 Å². The highest BCUT2D eigenvalue weighted by atomic mass is 16.5. The predicted octanol–water partition coefficient (Wildman–Crippen LogP) is 6.57. The standard InChI is InChI=1S/C29H29NO6/c1-20-8-6-9-23(27(20)29(31)32)18-33-16-7-17-34-19-26-21(2)35-28(30-26)22-12-14-25(15-13-22)36-24-10-4-3-5-11-24/h3-6,8-15H,7,16-19H2,1-2H3,(H,31,32). The van der Waals surface area contributed by atoms with Gasteiger partial charge in [-0.3, -0.25) is 0 Å². The van der Waals surface area contributed by atoms with Crippen molar-refractivity contribution in [2.24, 2.45) is 0 Å². The number of carboxylic acids is 1. The summed E-state index contributed by atoms with van der Waals surface area (Å²) in [6.45, 7) is 5.21. The highest BCUT2D eigenvalue weighted by Crippen LogP contribution is 2.27. The SMILES string of the molecule is Cc1cccc(COCCCOCc2nc(-c3ccc(Oc4ccccc4)cc3)oc2C)c1C(=O)O. The Hall–Kier alpha value is -3.94. The molecule has 1 aromatic heterocycles. The Morgan fingerprint density at radius 2 is 1.56 bits per heavy atom. The summed E-state index contributed by atoms with van der Waals surface area (Å²) in [5.74, 6) is 1.83. The molecule has 0 saturated carbocycles. The molecule has 0 spiro atoms. The van der Waals surface area contributed by atoms with Crippen molar-refractivity contribution < 1.29 is 28.5 Å². The van der Waals surface area contributed by atoms with E-state index in [-0.39, 0.29) is 6.61 Å². The Labute approximate surface area is 210 Å². The van der Waals surface area contributed by atoms with Crippen molar-refractivity contribution in [1.82, 2.24) is 4.98 Å². The largest absolute Gasteiger partial charge is 0.478 e. The van der Waals surface area contributed by atoms with Crippen LogP contribution in [-0.4, -0.2) is 29.3 Å². The summed E-state index contributed by atoms with van der Waals surface area (Å²) < 4.78 is 23.1. The molecule has 36 heavy (non-hydrogen) atoms. The Bertz CT molecular complexity index is 1280. The molecule has 7 heteroatoms. The number of benzene rings is 3. The first-order valence-corrected chi connectivity index (χ1v) is 11.8. The van der Waals surface area contributed by atoms with Crippen LogP contribution in [0.15, 0.2) is 77.2 Å². The molecule has 4 rings (SSSR count). The van der Waals surface area contributed by atoms with E-state index < -0.39 is 5.97 Å². The van der Waals surface area contributed by atoms with Gasteiger partial charge in [-0.25, -0.2) is 9.78 Å². The van der Waals surface area contributed by atoms with Crippen LogP contribution in [0.3, 0.4) is 0 Å². The molecule has 0 fully saturated rings. The number of hydrogen-bond donors (Lipinski definition) is 1. The number of aryl methyl sites for hydroxylation is 2. The maximum Gasteiger partial charge on any atom is 0.336 e. The minimum atomic E-state index is -0.936. The fourth-order valence-electron chi connectivity index (χ4n) is 3.74. The molecular weight excluding hydrogens is 458 g/mol. The van der Waals surface area contributed by atoms with Crippen molar-refractivity contribution >= 4 is 5.97 Å². The number of carbonyl (C=O) groups is 1. The Balaban J connectivity index is 1.21. The molecule has 0 radical (unpaired) electrons. The van der Waals surface area contributed by atoms with Crippen molar-refractivity contribution in [1.29, 1.82) is 0 Å². The summed E-state index contributed by atoms with van der Waals surface area (Å²) in [4.78, 5) is 16.0. The fourth-order valence-corrected chi connectivity index (χ4v) is 3.74. The van der Waals surface area contributed by atoms with Gasteiger partial charge in [0.25, 0.3) is 0 Å². The van der Waals surface area contributed by atoms with E-state index in [4.69, 9.17) is 18.6 Å². The first kappa shape index (κ1) is 25.2. The lowest BCUT2D eigenvalue weighted by molar-refractivity contribution is 0.0639. The van der Waals surface area contributed by atoms with Crippen molar-refractivity contribution in [2.75, 3.05) is 13.2 Å². The summed E-state index contributed by atoms with van der Waals surface area (Å²) in [7, 11) is 0. The van der Waals surface area contributed by atoms with Crippen LogP contribution in [0.2, 0.25) is 0 Å². The first-order chi connectivity index (χ1) is 17.5. The monoisotopic (exact) mass is 487 g/mol. The number of hydrogen-bond acceptors (Lipinski definition) is 6. The van der Waals surface area contributed by atoms with Gasteiger partial charge in [0.15, 0.2) is 0 Å². The number of ether oxygens (including phenoxy) is 3. The van der Waals surface area contributed by atoms with Crippen LogP contribution in [0.25, 0.3) is 11.5 Å². The van der Waals surface area contributed by atoms with Gasteiger partial charge < -0.3 is 23.7 Å². The Morgan fingerprint density at radius 1 is 0.861 bits per heavy atom. The average Bonchev–Trinajstić information content (AvgIpc) is 3.24. The zero-order valence-electron chi connectivity index (χ0n) is 20.4. The predicted molar refractivity (Wildman–Crippen MR) is 135 cm³/mol. The third-order valence-electron chi connectivity index (χ3n) is 5.62. The second-order valence-electron chi connectivity index (χ2n) is 8.33. The van der Waals surface area contributed by atoms with Gasteiger partial charge in [-0.15, -0.1) is 0 Å². The minimum Gasteiger partial charge on any atom is -0.478 e. The molecule has 4 aromatic rings. The zero-order valence-corrected chi connectivity index (χ0v) is 20.4. The van der Waals surface area contributed by atoms with E-state index >= 15 is 0 Å². The van der Waals surface area contributed by atoms with Gasteiger partial charge in [-0.1, -0.05) is 36.4 Å². The van der Waals surface area contributed by atoms with E-state index in [1.165, 1.54) is 0 Å². The molecule has 0 aliphatic rings. The van der Waals surface area contributed by atoms with Crippen LogP contribution in [0.4, 0.5) is 0 Å². The third-order valence-corrected chi connectivity index (χ3v) is 5.62. The topological polar surface area (TPSA) is 91.0 Å². The third kappa shape index (κ3) is 6.59. The maximum atomic E-state index is 11.5. The fraction of sp³-hybridized carbons (Fsp3) is 0.241. The number of rotatable bonds is 12. The van der Waals surface area contributed by atoms with E-state index in [0.29, 0.717) is 49.0 Å². The minimum absolute atomic E-state index is 0.254. The summed E-state index contributed by atoms with van der Waals surface area (Å²) >= 11 is 0. The molecule has 1 N–H and O–H groups in total. The molecule has 3 aromatic carbocycles. The molecule has 0 amide bonds. The normalized spacial score (nSPS) is 10.9. The van der Waals surface area contributed by atoms with Crippen LogP contribution < -0.4 is 4.74 Å². The maximum absolute atomic E-state index is 11.5. The van der Waals surface area contributed by atoms with Gasteiger partial charge in [0.2, 0.25) is 5.89 Å². The second-order valence-corrected chi connectivity index (χ2v) is 8.33. The summed E-state index contributed by atoms with van der Waals surface area (Å²) in [6, 6.07) is 22.6. The van der Waals surface area contributed by atoms with Crippen molar-refractivity contribution in [2.45, 2.75) is 33.5 Å². The zero-order chi connectivity index (χ0) is 25.3. The average molecular weight is 488 g/mol. The smallest absolute Gasteiger partial charge is 0.336 e. The number of aromatic carboxylic acids is 1. The molecule has 0 unspecified atom stereocenters. The van der Waals surface area contributed by atoms with Crippen molar-refractivity contribution in [3.05, 3.63) is 101 Å². The molecule has 0 atom stereocenters. The van der Waals surface area contributed by atoms with Crippen LogP contribution >= 0.6 is 0 Å². The van der Waals surface area contributed by atoms with Crippen LogP contribution in [0.5, 0.6) is 11.5 Å². The van der Waals surface area contributed by atoms with E-state index in [1.807, 2.05) is 67.6 Å². The van der Waals surface area contributed by atoms with Gasteiger partial charge in [0.05, 0.1) is 18.8 Å². The van der Waals surface area contributed by atoms with Gasteiger partial charge in [0, 0.05) is 18.8 Å². The Morgan fingerprint density at radius 3 is 2.28 bits per heavy atom. The van der Waals surface area contributed by atoms with E-state index in [9.17, 15) is 9.90 Å². The number of nitrogens with zero attached hydrogens (tertiary/aromatic N) is 1. The molecule has 0 aliphatic carbocycles. The van der Waals surface area contributed by atoms with Crippen LogP contribution in [-0.2, 0) is 22.7 Å². The first-order valence-electron chi connectivity index (χ1n) is 11.8. The number of para-hydroxylation sites is 1. The number of carboxylic acid groups (broad SMARTS) is 1. The van der Waals surface area contributed by atoms with Gasteiger partial charge in [-0.05, 0) is 67.8 Å². The van der Waals surface area contributed by atoms with Crippen molar-refractivity contribution in [3.63, 3.8) is 0 Å². The van der Waals surface area contributed by atoms with Crippen LogP contribution in [0.1, 0.15) is 39.4 Å². The molecule has 7 nitrogen and oxygen atoms in total. The highest BCUT2D eigenvalue weighted by Gasteiger charge is 2.13. The van der Waals surface area contributed by atoms with Gasteiger partial charge in [-0.2, -0.15) is 0 Å². The quantitative estimate of drug-likeness (QED) is 0.226. The van der Waals surface area contributed by atoms with Crippen LogP contribution in [0, 0.1) is 13.8 Å². The lowest BCUT2D eigenvalue weighted by Crippen LogP contribution is -2.08. The number of oxazole rings is 1. The lowest BCUT2D eigenvalue weighted by Gasteiger charge is -2.09. The summed E-state index contributed by atoms with van der Waals surface area (Å²) in [5.41, 5.74) is 3.32. The summed E-state index contributed by atoms with van der Waals surface area (Å²) in [5, 5.41) is 9.40. The lowest BCUT2D eigenvalue weighted by atomic mass is 10.0. The molecule has 0 saturated heterocycles. The molecule has 0 aliphatic heterocycles. The molecule has 0 bridgehead atoms. The van der Waals surface area contributed by atoms with E-state index in [1.54, 1.807) is 19.1 Å². The summed E-state index contributed by atoms with van der Waals surface area (Å²) in [6.07, 6.45) is 0.681. The number of aromatic nitrogens is 1. The Kier molecular flexibility index (Phi) is 8.49. The molecule has 186 valence electrons. The van der Waals surface area contributed by atoms with Crippen molar-refractivity contribution in [3.8, 4) is 23.0 Å². The highest BCUT2D eigenvalue weighted by molar-refractivity contribution is 5.91. The van der Waals surface area contributed by atoms with E-state index in [0.717, 1.165) is 28.3 Å². The van der Waals surface area contributed by atoms with Gasteiger partial charge >= 0.3 is 5.97 Å².